The third-order valence-electron chi connectivity index (χ3n) is 4.08. The highest BCUT2D eigenvalue weighted by atomic mass is 16.5. The Morgan fingerprint density at radius 1 is 0.840 bits per heavy atom. The molecule has 0 aliphatic carbocycles. The maximum Gasteiger partial charge on any atom is 0.311 e. The zero-order valence-corrected chi connectivity index (χ0v) is 15.2. The minimum Gasteiger partial charge on any atom is -0.461 e. The number of ether oxygens (including phenoxy) is 2. The predicted octanol–water partition coefficient (Wildman–Crippen LogP) is 5.00. The van der Waals surface area contributed by atoms with E-state index in [1.165, 1.54) is 0 Å². The molecule has 0 radical (unpaired) electrons. The first kappa shape index (κ1) is 19.2. The zero-order valence-electron chi connectivity index (χ0n) is 15.2. The Balaban J connectivity index is 1.83. The zero-order chi connectivity index (χ0) is 17.9. The van der Waals surface area contributed by atoms with E-state index in [0.717, 1.165) is 24.0 Å². The molecule has 0 bridgehead atoms. The summed E-state index contributed by atoms with van der Waals surface area (Å²) in [5.41, 5.74) is 2.12. The molecule has 2 rings (SSSR count). The second-order valence-corrected chi connectivity index (χ2v) is 6.76. The molecule has 0 saturated heterocycles. The molecular formula is C22H28O3. The summed E-state index contributed by atoms with van der Waals surface area (Å²) in [7, 11) is 0. The van der Waals surface area contributed by atoms with Crippen molar-refractivity contribution >= 4 is 5.97 Å². The van der Waals surface area contributed by atoms with Gasteiger partial charge in [-0.1, -0.05) is 80.9 Å². The molecule has 0 fully saturated rings. The Morgan fingerprint density at radius 3 is 1.96 bits per heavy atom. The molecule has 0 heterocycles. The van der Waals surface area contributed by atoms with Crippen LogP contribution in [0.2, 0.25) is 0 Å². The van der Waals surface area contributed by atoms with Crippen molar-refractivity contribution in [1.29, 1.82) is 0 Å². The highest BCUT2D eigenvalue weighted by molar-refractivity contribution is 5.72. The number of carbonyl (C=O) groups excluding carboxylic acids is 1. The van der Waals surface area contributed by atoms with Crippen molar-refractivity contribution in [2.24, 2.45) is 11.8 Å². The smallest absolute Gasteiger partial charge is 0.311 e. The van der Waals surface area contributed by atoms with Gasteiger partial charge in [0.2, 0.25) is 0 Å². The van der Waals surface area contributed by atoms with E-state index in [9.17, 15) is 4.79 Å². The van der Waals surface area contributed by atoms with Crippen molar-refractivity contribution in [2.45, 2.75) is 39.9 Å². The highest BCUT2D eigenvalue weighted by Gasteiger charge is 2.21. The topological polar surface area (TPSA) is 35.5 Å². The molecule has 2 aromatic rings. The van der Waals surface area contributed by atoms with Gasteiger partial charge in [-0.25, -0.2) is 0 Å². The van der Waals surface area contributed by atoms with Crippen LogP contribution in [0.3, 0.4) is 0 Å². The minimum absolute atomic E-state index is 0.169. The van der Waals surface area contributed by atoms with Crippen molar-refractivity contribution in [3.63, 3.8) is 0 Å². The summed E-state index contributed by atoms with van der Waals surface area (Å²) in [6, 6.07) is 19.8. The van der Waals surface area contributed by atoms with E-state index in [4.69, 9.17) is 9.47 Å². The third-order valence-corrected chi connectivity index (χ3v) is 4.08. The number of benzene rings is 2. The van der Waals surface area contributed by atoms with Crippen molar-refractivity contribution in [2.75, 3.05) is 6.61 Å². The third kappa shape index (κ3) is 7.53. The molecule has 1 unspecified atom stereocenters. The summed E-state index contributed by atoms with van der Waals surface area (Å²) in [4.78, 5) is 12.5. The van der Waals surface area contributed by atoms with E-state index in [1.807, 2.05) is 60.7 Å². The average molecular weight is 340 g/mol. The lowest BCUT2D eigenvalue weighted by molar-refractivity contribution is -0.152. The summed E-state index contributed by atoms with van der Waals surface area (Å²) >= 11 is 0. The van der Waals surface area contributed by atoms with Crippen LogP contribution in [0.4, 0.5) is 0 Å². The Bertz CT molecular complexity index is 608. The van der Waals surface area contributed by atoms with Crippen LogP contribution in [-0.2, 0) is 27.5 Å². The van der Waals surface area contributed by atoms with Crippen LogP contribution in [0.15, 0.2) is 60.7 Å². The summed E-state index contributed by atoms with van der Waals surface area (Å²) in [5.74, 6) is 0.172. The fourth-order valence-electron chi connectivity index (χ4n) is 2.54. The molecule has 0 saturated carbocycles. The molecule has 0 aromatic heterocycles. The van der Waals surface area contributed by atoms with E-state index in [0.29, 0.717) is 25.7 Å². The van der Waals surface area contributed by atoms with Gasteiger partial charge in [-0.2, -0.15) is 0 Å². The van der Waals surface area contributed by atoms with Gasteiger partial charge in [0, 0.05) is 0 Å². The average Bonchev–Trinajstić information content (AvgIpc) is 2.64. The maximum absolute atomic E-state index is 12.5. The van der Waals surface area contributed by atoms with Gasteiger partial charge in [-0.3, -0.25) is 4.79 Å². The van der Waals surface area contributed by atoms with Crippen LogP contribution in [0.25, 0.3) is 0 Å². The van der Waals surface area contributed by atoms with Crippen LogP contribution >= 0.6 is 0 Å². The quantitative estimate of drug-likeness (QED) is 0.571. The molecule has 3 nitrogen and oxygen atoms in total. The van der Waals surface area contributed by atoms with Crippen molar-refractivity contribution in [3.8, 4) is 0 Å². The second-order valence-electron chi connectivity index (χ2n) is 6.76. The first-order valence-electron chi connectivity index (χ1n) is 8.97. The Labute approximate surface area is 151 Å². The maximum atomic E-state index is 12.5. The summed E-state index contributed by atoms with van der Waals surface area (Å²) < 4.78 is 11.3. The Kier molecular flexibility index (Phi) is 8.20. The molecule has 2 aromatic carbocycles. The molecule has 0 spiro atoms. The molecule has 0 N–H and O–H groups in total. The molecule has 25 heavy (non-hydrogen) atoms. The van der Waals surface area contributed by atoms with Gasteiger partial charge in [0.15, 0.2) is 0 Å². The van der Waals surface area contributed by atoms with Crippen molar-refractivity contribution in [3.05, 3.63) is 71.8 Å². The molecule has 134 valence electrons. The van der Waals surface area contributed by atoms with Crippen LogP contribution < -0.4 is 0 Å². The minimum atomic E-state index is -0.213. The molecule has 0 aliphatic heterocycles. The monoisotopic (exact) mass is 340 g/mol. The second kappa shape index (κ2) is 10.7. The standard InChI is InChI=1S/C22H28O3/c1-18(2)13-14-21(17-24-15-19-9-5-3-6-10-19)22(23)25-16-20-11-7-4-8-12-20/h3-12,18,21H,13-17H2,1-2H3. The SMILES string of the molecule is CC(C)CCC(COCc1ccccc1)C(=O)OCc1ccccc1. The van der Waals surface area contributed by atoms with Gasteiger partial charge < -0.3 is 9.47 Å². The fourth-order valence-corrected chi connectivity index (χ4v) is 2.54. The lowest BCUT2D eigenvalue weighted by Crippen LogP contribution is -2.23. The first-order valence-corrected chi connectivity index (χ1v) is 8.97. The normalized spacial score (nSPS) is 12.1. The van der Waals surface area contributed by atoms with E-state index in [2.05, 4.69) is 13.8 Å². The van der Waals surface area contributed by atoms with Gasteiger partial charge in [0.1, 0.15) is 6.61 Å². The number of esters is 1. The van der Waals surface area contributed by atoms with E-state index >= 15 is 0 Å². The molecule has 0 aliphatic rings. The highest BCUT2D eigenvalue weighted by Crippen LogP contribution is 2.16. The summed E-state index contributed by atoms with van der Waals surface area (Å²) in [5, 5.41) is 0. The van der Waals surface area contributed by atoms with E-state index < -0.39 is 0 Å². The van der Waals surface area contributed by atoms with Crippen LogP contribution in [0.1, 0.15) is 37.8 Å². The van der Waals surface area contributed by atoms with Crippen LogP contribution in [0.5, 0.6) is 0 Å². The molecule has 3 heteroatoms. The fraction of sp³-hybridized carbons (Fsp3) is 0.409. The van der Waals surface area contributed by atoms with Crippen LogP contribution in [0, 0.1) is 11.8 Å². The van der Waals surface area contributed by atoms with E-state index in [-0.39, 0.29) is 11.9 Å². The number of hydrogen-bond acceptors (Lipinski definition) is 3. The van der Waals surface area contributed by atoms with Gasteiger partial charge in [0.05, 0.1) is 19.1 Å². The largest absolute Gasteiger partial charge is 0.461 e. The van der Waals surface area contributed by atoms with Crippen molar-refractivity contribution < 1.29 is 14.3 Å². The summed E-state index contributed by atoms with van der Waals surface area (Å²) in [6.45, 7) is 5.56. The molecular weight excluding hydrogens is 312 g/mol. The Hall–Kier alpha value is -2.13. The lowest BCUT2D eigenvalue weighted by Gasteiger charge is -2.17. The van der Waals surface area contributed by atoms with Gasteiger partial charge in [-0.15, -0.1) is 0 Å². The van der Waals surface area contributed by atoms with Gasteiger partial charge >= 0.3 is 5.97 Å². The van der Waals surface area contributed by atoms with Crippen molar-refractivity contribution in [1.82, 2.24) is 0 Å². The van der Waals surface area contributed by atoms with Crippen LogP contribution in [-0.4, -0.2) is 12.6 Å². The lowest BCUT2D eigenvalue weighted by atomic mass is 9.98. The Morgan fingerprint density at radius 2 is 1.40 bits per heavy atom. The summed E-state index contributed by atoms with van der Waals surface area (Å²) in [6.07, 6.45) is 1.78. The molecule has 1 atom stereocenters. The van der Waals surface area contributed by atoms with Gasteiger partial charge in [-0.05, 0) is 23.5 Å². The number of carbonyl (C=O) groups is 1. The number of hydrogen-bond donors (Lipinski definition) is 0. The molecule has 0 amide bonds. The first-order chi connectivity index (χ1) is 12.1. The van der Waals surface area contributed by atoms with Gasteiger partial charge in [0.25, 0.3) is 0 Å². The van der Waals surface area contributed by atoms with E-state index in [1.54, 1.807) is 0 Å². The number of rotatable bonds is 10. The predicted molar refractivity (Wildman–Crippen MR) is 99.9 cm³/mol.